The van der Waals surface area contributed by atoms with Gasteiger partial charge in [0.1, 0.15) is 11.5 Å². The summed E-state index contributed by atoms with van der Waals surface area (Å²) in [4.78, 5) is 26.7. The van der Waals surface area contributed by atoms with Crippen molar-refractivity contribution in [1.82, 2.24) is 10.2 Å². The van der Waals surface area contributed by atoms with E-state index in [1.165, 1.54) is 0 Å². The third kappa shape index (κ3) is 3.90. The molecule has 3 amide bonds. The zero-order valence-corrected chi connectivity index (χ0v) is 15.5. The summed E-state index contributed by atoms with van der Waals surface area (Å²) in [6.07, 6.45) is 1.48. The Morgan fingerprint density at radius 1 is 1.04 bits per heavy atom. The lowest BCUT2D eigenvalue weighted by Crippen LogP contribution is -2.47. The van der Waals surface area contributed by atoms with Gasteiger partial charge in [0.05, 0.1) is 5.56 Å². The maximum atomic E-state index is 12.6. The molecule has 1 aromatic carbocycles. The van der Waals surface area contributed by atoms with Crippen LogP contribution in [0, 0.1) is 20.8 Å². The fraction of sp³-hybridized carbons (Fsp3) is 0.400. The van der Waals surface area contributed by atoms with Gasteiger partial charge in [0.2, 0.25) is 0 Å². The number of amides is 3. The first-order valence-electron chi connectivity index (χ1n) is 8.94. The van der Waals surface area contributed by atoms with E-state index in [-0.39, 0.29) is 18.0 Å². The molecule has 0 spiro atoms. The highest BCUT2D eigenvalue weighted by Crippen LogP contribution is 2.21. The number of hydrogen-bond donors (Lipinski definition) is 2. The minimum Gasteiger partial charge on any atom is -0.466 e. The predicted molar refractivity (Wildman–Crippen MR) is 100 cm³/mol. The average molecular weight is 355 g/mol. The minimum atomic E-state index is -0.0990. The molecule has 26 heavy (non-hydrogen) atoms. The van der Waals surface area contributed by atoms with Crippen molar-refractivity contribution in [3.63, 3.8) is 0 Å². The van der Waals surface area contributed by atoms with E-state index >= 15 is 0 Å². The molecule has 6 heteroatoms. The Balaban J connectivity index is 1.52. The maximum Gasteiger partial charge on any atom is 0.321 e. The summed E-state index contributed by atoms with van der Waals surface area (Å²) in [6.45, 7) is 6.81. The molecule has 3 rings (SSSR count). The molecule has 0 aliphatic carbocycles. The third-order valence-electron chi connectivity index (χ3n) is 4.93. The number of aryl methyl sites for hydroxylation is 2. The van der Waals surface area contributed by atoms with Crippen molar-refractivity contribution in [1.29, 1.82) is 0 Å². The molecule has 0 unspecified atom stereocenters. The molecule has 2 N–H and O–H groups in total. The van der Waals surface area contributed by atoms with Crippen LogP contribution in [0.5, 0.6) is 0 Å². The van der Waals surface area contributed by atoms with Crippen LogP contribution in [0.2, 0.25) is 0 Å². The van der Waals surface area contributed by atoms with Crippen LogP contribution in [-0.4, -0.2) is 36.0 Å². The van der Waals surface area contributed by atoms with E-state index in [0.29, 0.717) is 24.4 Å². The Bertz CT molecular complexity index is 790. The molecule has 1 aliphatic heterocycles. The number of carbonyl (C=O) groups is 2. The van der Waals surface area contributed by atoms with Crippen LogP contribution >= 0.6 is 0 Å². The molecule has 2 heterocycles. The molecule has 1 aliphatic rings. The van der Waals surface area contributed by atoms with Crippen molar-refractivity contribution in [2.24, 2.45) is 0 Å². The number of carbonyl (C=O) groups excluding carboxylic acids is 2. The molecule has 2 aromatic rings. The number of urea groups is 1. The van der Waals surface area contributed by atoms with E-state index < -0.39 is 0 Å². The summed E-state index contributed by atoms with van der Waals surface area (Å²) in [5.74, 6) is 1.33. The van der Waals surface area contributed by atoms with Gasteiger partial charge in [0.15, 0.2) is 0 Å². The predicted octanol–water partition coefficient (Wildman–Crippen LogP) is 3.63. The molecule has 0 bridgehead atoms. The lowest BCUT2D eigenvalue weighted by Gasteiger charge is -2.32. The molecular weight excluding hydrogens is 330 g/mol. The summed E-state index contributed by atoms with van der Waals surface area (Å²) < 4.78 is 5.54. The van der Waals surface area contributed by atoms with Crippen LogP contribution in [0.25, 0.3) is 0 Å². The molecule has 0 radical (unpaired) electrons. The Kier molecular flexibility index (Phi) is 5.30. The SMILES string of the molecule is Cc1oc(C)c(C(=O)NC2CCN(C(=O)Nc3ccccc3)CC2)c1C. The standard InChI is InChI=1S/C20H25N3O3/c1-13-14(2)26-15(3)18(13)19(24)21-17-9-11-23(12-10-17)20(25)22-16-7-5-4-6-8-16/h4-8,17H,9-12H2,1-3H3,(H,21,24)(H,22,25). The topological polar surface area (TPSA) is 74.6 Å². The van der Waals surface area contributed by atoms with Gasteiger partial charge in [-0.1, -0.05) is 18.2 Å². The fourth-order valence-electron chi connectivity index (χ4n) is 3.34. The third-order valence-corrected chi connectivity index (χ3v) is 4.93. The highest BCUT2D eigenvalue weighted by Gasteiger charge is 2.26. The fourth-order valence-corrected chi connectivity index (χ4v) is 3.34. The van der Waals surface area contributed by atoms with E-state index in [0.717, 1.165) is 29.9 Å². The average Bonchev–Trinajstić information content (AvgIpc) is 2.88. The molecule has 138 valence electrons. The number of likely N-dealkylation sites (tertiary alicyclic amines) is 1. The molecule has 0 saturated carbocycles. The maximum absolute atomic E-state index is 12.6. The monoisotopic (exact) mass is 355 g/mol. The van der Waals surface area contributed by atoms with Crippen LogP contribution in [-0.2, 0) is 0 Å². The van der Waals surface area contributed by atoms with Gasteiger partial charge in [-0.05, 0) is 45.7 Å². The molecule has 0 atom stereocenters. The first-order chi connectivity index (χ1) is 12.5. The quantitative estimate of drug-likeness (QED) is 0.883. The summed E-state index contributed by atoms with van der Waals surface area (Å²) in [5, 5.41) is 5.98. The number of piperidine rings is 1. The first-order valence-corrected chi connectivity index (χ1v) is 8.94. The highest BCUT2D eigenvalue weighted by molar-refractivity contribution is 5.97. The van der Waals surface area contributed by atoms with E-state index in [4.69, 9.17) is 4.42 Å². The van der Waals surface area contributed by atoms with E-state index in [1.54, 1.807) is 4.90 Å². The second kappa shape index (κ2) is 7.64. The van der Waals surface area contributed by atoms with Crippen molar-refractivity contribution in [2.75, 3.05) is 18.4 Å². The minimum absolute atomic E-state index is 0.0669. The van der Waals surface area contributed by atoms with E-state index in [2.05, 4.69) is 10.6 Å². The Hall–Kier alpha value is -2.76. The number of para-hydroxylation sites is 1. The normalized spacial score (nSPS) is 15.0. The molecule has 1 saturated heterocycles. The second-order valence-corrected chi connectivity index (χ2v) is 6.75. The first kappa shape index (κ1) is 18.0. The van der Waals surface area contributed by atoms with Gasteiger partial charge in [-0.3, -0.25) is 4.79 Å². The lowest BCUT2D eigenvalue weighted by atomic mass is 10.0. The number of anilines is 1. The van der Waals surface area contributed by atoms with Crippen LogP contribution in [0.3, 0.4) is 0 Å². The van der Waals surface area contributed by atoms with Crippen LogP contribution in [0.4, 0.5) is 10.5 Å². The number of rotatable bonds is 3. The summed E-state index contributed by atoms with van der Waals surface area (Å²) in [7, 11) is 0. The Labute approximate surface area is 153 Å². The zero-order chi connectivity index (χ0) is 18.7. The van der Waals surface area contributed by atoms with Crippen LogP contribution in [0.1, 0.15) is 40.3 Å². The number of nitrogens with zero attached hydrogens (tertiary/aromatic N) is 1. The van der Waals surface area contributed by atoms with Crippen molar-refractivity contribution in [2.45, 2.75) is 39.7 Å². The van der Waals surface area contributed by atoms with Gasteiger partial charge < -0.3 is 20.0 Å². The molecule has 1 aromatic heterocycles. The number of benzene rings is 1. The van der Waals surface area contributed by atoms with Gasteiger partial charge in [-0.2, -0.15) is 0 Å². The van der Waals surface area contributed by atoms with Gasteiger partial charge in [-0.15, -0.1) is 0 Å². The van der Waals surface area contributed by atoms with Crippen molar-refractivity contribution in [3.05, 3.63) is 53.0 Å². The van der Waals surface area contributed by atoms with Crippen LogP contribution in [0.15, 0.2) is 34.7 Å². The lowest BCUT2D eigenvalue weighted by molar-refractivity contribution is 0.0917. The van der Waals surface area contributed by atoms with Crippen LogP contribution < -0.4 is 10.6 Å². The number of furan rings is 1. The molecular formula is C20H25N3O3. The van der Waals surface area contributed by atoms with Crippen molar-refractivity contribution >= 4 is 17.6 Å². The largest absolute Gasteiger partial charge is 0.466 e. The van der Waals surface area contributed by atoms with Gasteiger partial charge in [0, 0.05) is 30.4 Å². The molecule has 6 nitrogen and oxygen atoms in total. The summed E-state index contributed by atoms with van der Waals surface area (Å²) in [5.41, 5.74) is 2.31. The zero-order valence-electron chi connectivity index (χ0n) is 15.5. The Morgan fingerprint density at radius 3 is 2.27 bits per heavy atom. The Morgan fingerprint density at radius 2 is 1.69 bits per heavy atom. The summed E-state index contributed by atoms with van der Waals surface area (Å²) >= 11 is 0. The van der Waals surface area contributed by atoms with E-state index in [1.807, 2.05) is 51.1 Å². The molecule has 1 fully saturated rings. The van der Waals surface area contributed by atoms with Crippen molar-refractivity contribution in [3.8, 4) is 0 Å². The van der Waals surface area contributed by atoms with E-state index in [9.17, 15) is 9.59 Å². The van der Waals surface area contributed by atoms with Crippen molar-refractivity contribution < 1.29 is 14.0 Å². The van der Waals surface area contributed by atoms with Gasteiger partial charge in [0.25, 0.3) is 5.91 Å². The highest BCUT2D eigenvalue weighted by atomic mass is 16.3. The number of nitrogens with one attached hydrogen (secondary N) is 2. The number of hydrogen-bond acceptors (Lipinski definition) is 3. The van der Waals surface area contributed by atoms with Gasteiger partial charge >= 0.3 is 6.03 Å². The second-order valence-electron chi connectivity index (χ2n) is 6.75. The smallest absolute Gasteiger partial charge is 0.321 e. The summed E-state index contributed by atoms with van der Waals surface area (Å²) in [6, 6.07) is 9.38. The van der Waals surface area contributed by atoms with Gasteiger partial charge in [-0.25, -0.2) is 4.79 Å².